The molecule has 0 spiro atoms. The van der Waals surface area contributed by atoms with Crippen molar-refractivity contribution in [1.29, 1.82) is 0 Å². The maximum Gasteiger partial charge on any atom is 0.260 e. The van der Waals surface area contributed by atoms with Gasteiger partial charge in [-0.3, -0.25) is 0 Å². The number of aliphatic hydroxyl groups excluding tert-OH is 1. The molecule has 2 rings (SSSR count). The van der Waals surface area contributed by atoms with Crippen LogP contribution in [-0.2, 0) is 0 Å². The van der Waals surface area contributed by atoms with E-state index < -0.39 is 6.10 Å². The zero-order valence-electron chi connectivity index (χ0n) is 10.4. The van der Waals surface area contributed by atoms with Crippen LogP contribution < -0.4 is 0 Å². The Morgan fingerprint density at radius 3 is 2.61 bits per heavy atom. The smallest absolute Gasteiger partial charge is 0.260 e. The van der Waals surface area contributed by atoms with Crippen molar-refractivity contribution in [2.45, 2.75) is 37.0 Å². The van der Waals surface area contributed by atoms with Crippen LogP contribution in [-0.4, -0.2) is 10.1 Å². The minimum absolute atomic E-state index is 0.551. The van der Waals surface area contributed by atoms with Gasteiger partial charge < -0.3 is 9.52 Å². The van der Waals surface area contributed by atoms with E-state index in [1.54, 1.807) is 6.92 Å². The lowest BCUT2D eigenvalue weighted by molar-refractivity contribution is 0.199. The highest BCUT2D eigenvalue weighted by atomic mass is 35.5. The van der Waals surface area contributed by atoms with E-state index in [1.165, 1.54) is 11.8 Å². The summed E-state index contributed by atoms with van der Waals surface area (Å²) in [6.45, 7) is 5.48. The molecule has 0 saturated carbocycles. The quantitative estimate of drug-likeness (QED) is 0.919. The molecule has 2 aromatic rings. The number of aliphatic hydroxyl groups is 1. The van der Waals surface area contributed by atoms with Crippen LogP contribution in [0.1, 0.15) is 30.0 Å². The first-order valence-electron chi connectivity index (χ1n) is 5.56. The van der Waals surface area contributed by atoms with Gasteiger partial charge in [0, 0.05) is 9.92 Å². The summed E-state index contributed by atoms with van der Waals surface area (Å²) in [6.07, 6.45) is -0.567. The van der Waals surface area contributed by atoms with Crippen LogP contribution >= 0.6 is 23.4 Å². The number of aromatic nitrogens is 1. The molecule has 1 N–H and O–H groups in total. The molecule has 18 heavy (non-hydrogen) atoms. The fourth-order valence-electron chi connectivity index (χ4n) is 1.50. The molecule has 1 aromatic carbocycles. The summed E-state index contributed by atoms with van der Waals surface area (Å²) in [5, 5.41) is 10.7. The average Bonchev–Trinajstić information content (AvgIpc) is 2.57. The summed E-state index contributed by atoms with van der Waals surface area (Å²) >= 11 is 7.52. The Morgan fingerprint density at radius 1 is 1.39 bits per heavy atom. The summed E-state index contributed by atoms with van der Waals surface area (Å²) in [5.41, 5.74) is 1.62. The summed E-state index contributed by atoms with van der Waals surface area (Å²) in [5.74, 6) is 0.823. The van der Waals surface area contributed by atoms with E-state index in [0.29, 0.717) is 10.2 Å². The molecule has 0 fully saturated rings. The van der Waals surface area contributed by atoms with Crippen molar-refractivity contribution in [2.75, 3.05) is 0 Å². The number of nitrogens with zero attached hydrogens (tertiary/aromatic N) is 1. The highest BCUT2D eigenvalue weighted by Gasteiger charge is 2.11. The van der Waals surface area contributed by atoms with Crippen molar-refractivity contribution in [1.82, 2.24) is 4.98 Å². The third-order valence-corrected chi connectivity index (χ3v) is 3.80. The monoisotopic (exact) mass is 283 g/mol. The van der Waals surface area contributed by atoms with Gasteiger partial charge in [0.05, 0.1) is 11.8 Å². The maximum atomic E-state index is 9.50. The zero-order valence-corrected chi connectivity index (χ0v) is 12.0. The number of rotatable bonds is 3. The fraction of sp³-hybridized carbons (Fsp3) is 0.308. The Labute approximate surface area is 115 Å². The largest absolute Gasteiger partial charge is 0.436 e. The van der Waals surface area contributed by atoms with Gasteiger partial charge >= 0.3 is 0 Å². The van der Waals surface area contributed by atoms with Gasteiger partial charge in [-0.1, -0.05) is 17.7 Å². The summed E-state index contributed by atoms with van der Waals surface area (Å²) < 4.78 is 5.50. The third kappa shape index (κ3) is 2.88. The first kappa shape index (κ1) is 13.5. The van der Waals surface area contributed by atoms with Crippen molar-refractivity contribution in [3.63, 3.8) is 0 Å². The Morgan fingerprint density at radius 2 is 2.11 bits per heavy atom. The van der Waals surface area contributed by atoms with E-state index >= 15 is 0 Å². The number of aryl methyl sites for hydroxylation is 2. The van der Waals surface area contributed by atoms with E-state index in [0.717, 1.165) is 21.9 Å². The minimum atomic E-state index is -0.567. The van der Waals surface area contributed by atoms with E-state index in [1.807, 2.05) is 32.0 Å². The van der Waals surface area contributed by atoms with Crippen LogP contribution in [0.2, 0.25) is 5.02 Å². The second-order valence-corrected chi connectivity index (χ2v) is 5.51. The van der Waals surface area contributed by atoms with Gasteiger partial charge in [0.15, 0.2) is 0 Å². The van der Waals surface area contributed by atoms with Crippen molar-refractivity contribution in [3.05, 3.63) is 40.2 Å². The molecular formula is C13H14ClNO2S. The Bertz CT molecular complexity index is 547. The first-order chi connectivity index (χ1) is 8.47. The van der Waals surface area contributed by atoms with Gasteiger partial charge in [-0.2, -0.15) is 0 Å². The van der Waals surface area contributed by atoms with Crippen LogP contribution in [0.15, 0.2) is 32.7 Å². The van der Waals surface area contributed by atoms with Gasteiger partial charge in [-0.15, -0.1) is 0 Å². The van der Waals surface area contributed by atoms with E-state index in [2.05, 4.69) is 4.98 Å². The molecule has 3 nitrogen and oxygen atoms in total. The van der Waals surface area contributed by atoms with Crippen molar-refractivity contribution >= 4 is 23.4 Å². The van der Waals surface area contributed by atoms with Crippen LogP contribution in [0.25, 0.3) is 0 Å². The first-order valence-corrected chi connectivity index (χ1v) is 6.76. The lowest BCUT2D eigenvalue weighted by Gasteiger charge is -2.08. The Hall–Kier alpha value is -0.970. The summed E-state index contributed by atoms with van der Waals surface area (Å²) in [4.78, 5) is 5.23. The van der Waals surface area contributed by atoms with Crippen molar-refractivity contribution in [2.24, 2.45) is 0 Å². The van der Waals surface area contributed by atoms with Crippen molar-refractivity contribution in [3.8, 4) is 0 Å². The SMILES string of the molecule is Cc1nc(Sc2ccc(C(C)O)c(Cl)c2)oc1C. The van der Waals surface area contributed by atoms with E-state index in [4.69, 9.17) is 16.0 Å². The molecule has 0 aliphatic rings. The van der Waals surface area contributed by atoms with Gasteiger partial charge in [0.25, 0.3) is 5.22 Å². The van der Waals surface area contributed by atoms with Gasteiger partial charge in [-0.25, -0.2) is 4.98 Å². The second kappa shape index (κ2) is 5.34. The average molecular weight is 284 g/mol. The number of hydrogen-bond acceptors (Lipinski definition) is 4. The van der Waals surface area contributed by atoms with Gasteiger partial charge in [-0.05, 0) is 50.2 Å². The van der Waals surface area contributed by atoms with Crippen LogP contribution in [0, 0.1) is 13.8 Å². The van der Waals surface area contributed by atoms with Crippen LogP contribution in [0.3, 0.4) is 0 Å². The van der Waals surface area contributed by atoms with Gasteiger partial charge in [0.2, 0.25) is 0 Å². The van der Waals surface area contributed by atoms with Crippen molar-refractivity contribution < 1.29 is 9.52 Å². The predicted octanol–water partition coefficient (Wildman–Crippen LogP) is 4.15. The number of hydrogen-bond donors (Lipinski definition) is 1. The maximum absolute atomic E-state index is 9.50. The molecule has 1 heterocycles. The molecule has 0 radical (unpaired) electrons. The second-order valence-electron chi connectivity index (χ2n) is 4.08. The molecule has 0 aliphatic heterocycles. The van der Waals surface area contributed by atoms with Gasteiger partial charge in [0.1, 0.15) is 5.76 Å². The Balaban J connectivity index is 2.22. The molecule has 0 amide bonds. The highest BCUT2D eigenvalue weighted by Crippen LogP contribution is 2.32. The number of benzene rings is 1. The van der Waals surface area contributed by atoms with E-state index in [-0.39, 0.29) is 0 Å². The molecule has 1 atom stereocenters. The molecule has 5 heteroatoms. The third-order valence-electron chi connectivity index (χ3n) is 2.64. The number of halogens is 1. The molecule has 96 valence electrons. The zero-order chi connectivity index (χ0) is 13.3. The Kier molecular flexibility index (Phi) is 4.00. The minimum Gasteiger partial charge on any atom is -0.436 e. The molecule has 1 aromatic heterocycles. The summed E-state index contributed by atoms with van der Waals surface area (Å²) in [6, 6.07) is 5.52. The van der Waals surface area contributed by atoms with Crippen LogP contribution in [0.4, 0.5) is 0 Å². The standard InChI is InChI=1S/C13H14ClNO2S/c1-7-9(3)17-13(15-7)18-10-4-5-11(8(2)16)12(14)6-10/h4-6,8,16H,1-3H3. The lowest BCUT2D eigenvalue weighted by Crippen LogP contribution is -1.91. The normalized spacial score (nSPS) is 12.7. The summed E-state index contributed by atoms with van der Waals surface area (Å²) in [7, 11) is 0. The highest BCUT2D eigenvalue weighted by molar-refractivity contribution is 7.99. The number of oxazole rings is 1. The topological polar surface area (TPSA) is 46.3 Å². The molecule has 0 aliphatic carbocycles. The molecule has 0 saturated heterocycles. The molecule has 0 bridgehead atoms. The van der Waals surface area contributed by atoms with E-state index in [9.17, 15) is 5.11 Å². The van der Waals surface area contributed by atoms with Crippen LogP contribution in [0.5, 0.6) is 0 Å². The lowest BCUT2D eigenvalue weighted by atomic mass is 10.1. The fourth-order valence-corrected chi connectivity index (χ4v) is 2.76. The molecular weight excluding hydrogens is 270 g/mol. The molecule has 1 unspecified atom stereocenters. The predicted molar refractivity (Wildman–Crippen MR) is 72.2 cm³/mol.